The van der Waals surface area contributed by atoms with E-state index >= 15 is 0 Å². The topological polar surface area (TPSA) is 88.4 Å². The highest BCUT2D eigenvalue weighted by atomic mass is 16.5. The summed E-state index contributed by atoms with van der Waals surface area (Å²) in [5.41, 5.74) is 0.0462. The number of carboxylic acids is 1. The van der Waals surface area contributed by atoms with Crippen molar-refractivity contribution < 1.29 is 24.5 Å². The first-order valence-electron chi connectivity index (χ1n) is 6.68. The highest BCUT2D eigenvalue weighted by Crippen LogP contribution is 2.16. The van der Waals surface area contributed by atoms with Crippen LogP contribution < -0.4 is 0 Å². The van der Waals surface area contributed by atoms with Crippen molar-refractivity contribution in [2.24, 2.45) is 22.2 Å². The Morgan fingerprint density at radius 1 is 1.40 bits per heavy atom. The molecule has 0 saturated heterocycles. The largest absolute Gasteiger partial charge is 0.481 e. The number of aliphatic hydroxyl groups excluding tert-OH is 1. The summed E-state index contributed by atoms with van der Waals surface area (Å²) in [6.45, 7) is 8.59. The fourth-order valence-electron chi connectivity index (χ4n) is 1.48. The fourth-order valence-corrected chi connectivity index (χ4v) is 1.48. The van der Waals surface area contributed by atoms with E-state index in [1.165, 1.54) is 13.3 Å². The monoisotopic (exact) mass is 289 g/mol. The van der Waals surface area contributed by atoms with Crippen molar-refractivity contribution in [2.45, 2.75) is 33.9 Å². The van der Waals surface area contributed by atoms with Gasteiger partial charge in [-0.15, -0.1) is 0 Å². The number of aliphatic hydroxyl groups is 1. The average molecular weight is 289 g/mol. The predicted molar refractivity (Wildman–Crippen MR) is 76.9 cm³/mol. The molecule has 0 aliphatic carbocycles. The van der Waals surface area contributed by atoms with Gasteiger partial charge >= 0.3 is 5.97 Å². The Kier molecular flexibility index (Phi) is 8.60. The minimum atomic E-state index is -0.964. The molecule has 6 heteroatoms. The van der Waals surface area contributed by atoms with Crippen LogP contribution in [0, 0.1) is 17.3 Å². The molecule has 0 saturated carbocycles. The molecule has 0 spiro atoms. The Hall–Kier alpha value is -0.980. The Labute approximate surface area is 120 Å². The second-order valence-corrected chi connectivity index (χ2v) is 6.09. The highest BCUT2D eigenvalue weighted by Gasteiger charge is 2.24. The molecular weight excluding hydrogens is 262 g/mol. The van der Waals surface area contributed by atoms with Gasteiger partial charge < -0.3 is 19.7 Å². The van der Waals surface area contributed by atoms with Gasteiger partial charge in [-0.3, -0.25) is 9.79 Å². The van der Waals surface area contributed by atoms with E-state index in [0.717, 1.165) is 0 Å². The van der Waals surface area contributed by atoms with Gasteiger partial charge in [-0.05, 0) is 11.3 Å². The predicted octanol–water partition coefficient (Wildman–Crippen LogP) is 1.42. The summed E-state index contributed by atoms with van der Waals surface area (Å²) in [5.74, 6) is -1.94. The van der Waals surface area contributed by atoms with E-state index in [2.05, 4.69) is 25.8 Å². The lowest BCUT2D eigenvalue weighted by atomic mass is 9.95. The van der Waals surface area contributed by atoms with Crippen LogP contribution in [0.4, 0.5) is 0 Å². The van der Waals surface area contributed by atoms with Crippen molar-refractivity contribution in [3.63, 3.8) is 0 Å². The number of aliphatic imine (C=N–C) groups is 1. The quantitative estimate of drug-likeness (QED) is 0.627. The highest BCUT2D eigenvalue weighted by molar-refractivity contribution is 5.88. The smallest absolute Gasteiger partial charge is 0.312 e. The maximum absolute atomic E-state index is 11.2. The molecule has 0 aromatic heterocycles. The maximum atomic E-state index is 11.2. The van der Waals surface area contributed by atoms with Crippen LogP contribution in [0.25, 0.3) is 0 Å². The zero-order chi connectivity index (χ0) is 15.8. The van der Waals surface area contributed by atoms with Crippen molar-refractivity contribution >= 4 is 12.2 Å². The summed E-state index contributed by atoms with van der Waals surface area (Å²) in [6, 6.07) is 0. The average Bonchev–Trinajstić information content (AvgIpc) is 2.32. The first-order valence-corrected chi connectivity index (χ1v) is 6.68. The lowest BCUT2D eigenvalue weighted by Gasteiger charge is -2.22. The molecule has 0 heterocycles. The zero-order valence-electron chi connectivity index (χ0n) is 13.0. The molecule has 0 fully saturated rings. The number of aliphatic carboxylic acids is 1. The van der Waals surface area contributed by atoms with Gasteiger partial charge in [0.05, 0.1) is 25.7 Å². The number of hydrogen-bond donors (Lipinski definition) is 2. The van der Waals surface area contributed by atoms with Crippen molar-refractivity contribution in [3.05, 3.63) is 0 Å². The number of methoxy groups -OCH3 is 1. The molecule has 0 aliphatic heterocycles. The lowest BCUT2D eigenvalue weighted by molar-refractivity contribution is -0.141. The third kappa shape index (κ3) is 8.24. The van der Waals surface area contributed by atoms with Crippen LogP contribution in [0.5, 0.6) is 0 Å². The second kappa shape index (κ2) is 9.05. The molecule has 2 N–H and O–H groups in total. The fraction of sp³-hybridized carbons (Fsp3) is 0.857. The standard InChI is InChI=1S/C14H27NO5/c1-10(8-20-9-14(2,3)4)11(13(17)18)6-15-12(7-16)19-5/h6,10-12,16H,7-9H2,1-5H3,(H,17,18). The van der Waals surface area contributed by atoms with Crippen LogP contribution in [0.1, 0.15) is 27.7 Å². The third-order valence-corrected chi connectivity index (χ3v) is 2.66. The minimum Gasteiger partial charge on any atom is -0.481 e. The van der Waals surface area contributed by atoms with Gasteiger partial charge in [0.1, 0.15) is 0 Å². The number of carbonyl (C=O) groups is 1. The van der Waals surface area contributed by atoms with Crippen LogP contribution in [0.15, 0.2) is 4.99 Å². The molecule has 118 valence electrons. The van der Waals surface area contributed by atoms with Gasteiger partial charge in [-0.1, -0.05) is 27.7 Å². The van der Waals surface area contributed by atoms with Crippen LogP contribution in [0.3, 0.4) is 0 Å². The van der Waals surface area contributed by atoms with Gasteiger partial charge in [0, 0.05) is 13.3 Å². The molecule has 0 amide bonds. The SMILES string of the molecule is COC(CO)N=CC(C(=O)O)C(C)COCC(C)(C)C. The van der Waals surface area contributed by atoms with E-state index in [9.17, 15) is 9.90 Å². The molecule has 20 heavy (non-hydrogen) atoms. The van der Waals surface area contributed by atoms with E-state index in [1.54, 1.807) is 6.92 Å². The molecule has 0 bridgehead atoms. The summed E-state index contributed by atoms with van der Waals surface area (Å²) in [7, 11) is 1.41. The van der Waals surface area contributed by atoms with E-state index in [1.807, 2.05) is 0 Å². The molecule has 0 aromatic rings. The first-order chi connectivity index (χ1) is 9.21. The van der Waals surface area contributed by atoms with E-state index < -0.39 is 18.1 Å². The molecule has 6 nitrogen and oxygen atoms in total. The van der Waals surface area contributed by atoms with Gasteiger partial charge in [-0.25, -0.2) is 0 Å². The normalized spacial score (nSPS) is 17.1. The molecule has 3 atom stereocenters. The number of carboxylic acid groups (broad SMARTS) is 1. The van der Waals surface area contributed by atoms with Crippen LogP contribution >= 0.6 is 0 Å². The van der Waals surface area contributed by atoms with Gasteiger partial charge in [0.15, 0.2) is 6.23 Å². The summed E-state index contributed by atoms with van der Waals surface area (Å²) < 4.78 is 10.4. The lowest BCUT2D eigenvalue weighted by Crippen LogP contribution is -2.29. The van der Waals surface area contributed by atoms with Crippen LogP contribution in [-0.2, 0) is 14.3 Å². The number of hydrogen-bond acceptors (Lipinski definition) is 5. The minimum absolute atomic E-state index is 0.0462. The van der Waals surface area contributed by atoms with Crippen LogP contribution in [0.2, 0.25) is 0 Å². The van der Waals surface area contributed by atoms with Crippen molar-refractivity contribution in [1.82, 2.24) is 0 Å². The molecule has 0 aliphatic rings. The van der Waals surface area contributed by atoms with Gasteiger partial charge in [0.25, 0.3) is 0 Å². The van der Waals surface area contributed by atoms with Gasteiger partial charge in [-0.2, -0.15) is 0 Å². The Morgan fingerprint density at radius 2 is 2.00 bits per heavy atom. The van der Waals surface area contributed by atoms with E-state index in [0.29, 0.717) is 13.2 Å². The molecule has 3 unspecified atom stereocenters. The van der Waals surface area contributed by atoms with Gasteiger partial charge in [0.2, 0.25) is 0 Å². The first kappa shape index (κ1) is 19.0. The Balaban J connectivity index is 4.48. The number of ether oxygens (including phenoxy) is 2. The molecule has 0 aromatic carbocycles. The molecule has 0 radical (unpaired) electrons. The van der Waals surface area contributed by atoms with Crippen molar-refractivity contribution in [1.29, 1.82) is 0 Å². The summed E-state index contributed by atoms with van der Waals surface area (Å²) >= 11 is 0. The summed E-state index contributed by atoms with van der Waals surface area (Å²) in [5, 5.41) is 18.1. The zero-order valence-corrected chi connectivity index (χ0v) is 13.0. The Bertz CT molecular complexity index is 307. The Morgan fingerprint density at radius 3 is 2.40 bits per heavy atom. The van der Waals surface area contributed by atoms with Crippen molar-refractivity contribution in [2.75, 3.05) is 26.9 Å². The molecule has 0 rings (SSSR count). The number of nitrogens with zero attached hydrogens (tertiary/aromatic N) is 1. The second-order valence-electron chi connectivity index (χ2n) is 6.09. The van der Waals surface area contributed by atoms with Crippen LogP contribution in [-0.4, -0.2) is 55.6 Å². The summed E-state index contributed by atoms with van der Waals surface area (Å²) in [6.07, 6.45) is 0.595. The van der Waals surface area contributed by atoms with E-state index in [-0.39, 0.29) is 17.9 Å². The number of rotatable bonds is 9. The van der Waals surface area contributed by atoms with E-state index in [4.69, 9.17) is 14.6 Å². The molecular formula is C14H27NO5. The van der Waals surface area contributed by atoms with Crippen molar-refractivity contribution in [3.8, 4) is 0 Å². The third-order valence-electron chi connectivity index (χ3n) is 2.66. The summed E-state index contributed by atoms with van der Waals surface area (Å²) in [4.78, 5) is 15.2. The maximum Gasteiger partial charge on any atom is 0.312 e.